The molecule has 1 amide bonds. The van der Waals surface area contributed by atoms with Crippen molar-refractivity contribution < 1.29 is 17.9 Å². The first-order chi connectivity index (χ1) is 12.2. The molecule has 0 saturated heterocycles. The summed E-state index contributed by atoms with van der Waals surface area (Å²) in [5.41, 5.74) is 3.11. The number of ether oxygens (including phenoxy) is 1. The first-order valence-corrected chi connectivity index (χ1v) is 10.2. The highest BCUT2D eigenvalue weighted by molar-refractivity contribution is 7.92. The van der Waals surface area contributed by atoms with Crippen molar-refractivity contribution in [3.8, 4) is 5.75 Å². The second kappa shape index (κ2) is 6.99. The molecule has 1 aliphatic rings. The van der Waals surface area contributed by atoms with E-state index in [0.717, 1.165) is 17.4 Å². The lowest BCUT2D eigenvalue weighted by atomic mass is 10.2. The molecule has 0 aliphatic carbocycles. The summed E-state index contributed by atoms with van der Waals surface area (Å²) >= 11 is 0. The second-order valence-corrected chi connectivity index (χ2v) is 8.47. The van der Waals surface area contributed by atoms with Crippen molar-refractivity contribution in [2.75, 3.05) is 22.4 Å². The van der Waals surface area contributed by atoms with Gasteiger partial charge in [-0.15, -0.1) is 0 Å². The smallest absolute Gasteiger partial charge is 0.265 e. The molecular formula is C19H22N2O4S. The SMILES string of the molecule is Cc1cccc(NC(=O)[C@@H]2CCN(S(C)(=O)=O)c3cc(C)ccc3O2)c1. The van der Waals surface area contributed by atoms with E-state index in [1.54, 1.807) is 12.1 Å². The van der Waals surface area contributed by atoms with Gasteiger partial charge in [-0.05, 0) is 49.2 Å². The van der Waals surface area contributed by atoms with E-state index in [2.05, 4.69) is 5.32 Å². The van der Waals surface area contributed by atoms with Crippen LogP contribution in [0, 0.1) is 13.8 Å². The van der Waals surface area contributed by atoms with Gasteiger partial charge in [-0.2, -0.15) is 0 Å². The summed E-state index contributed by atoms with van der Waals surface area (Å²) in [6.45, 7) is 4.01. The monoisotopic (exact) mass is 374 g/mol. The van der Waals surface area contributed by atoms with Crippen molar-refractivity contribution in [1.29, 1.82) is 0 Å². The third-order valence-corrected chi connectivity index (χ3v) is 5.41. The summed E-state index contributed by atoms with van der Waals surface area (Å²) in [7, 11) is -3.47. The highest BCUT2D eigenvalue weighted by atomic mass is 32.2. The normalized spacial score (nSPS) is 17.0. The predicted molar refractivity (Wildman–Crippen MR) is 102 cm³/mol. The number of hydrogen-bond donors (Lipinski definition) is 1. The maximum atomic E-state index is 12.7. The van der Waals surface area contributed by atoms with Crippen molar-refractivity contribution in [3.05, 3.63) is 53.6 Å². The predicted octanol–water partition coefficient (Wildman–Crippen LogP) is 2.86. The molecule has 1 heterocycles. The van der Waals surface area contributed by atoms with E-state index in [1.807, 2.05) is 44.2 Å². The average molecular weight is 374 g/mol. The van der Waals surface area contributed by atoms with Gasteiger partial charge < -0.3 is 10.1 Å². The van der Waals surface area contributed by atoms with Gasteiger partial charge in [0.1, 0.15) is 5.75 Å². The number of amides is 1. The Morgan fingerprint density at radius 2 is 1.88 bits per heavy atom. The summed E-state index contributed by atoms with van der Waals surface area (Å²) in [5.74, 6) is 0.0976. The van der Waals surface area contributed by atoms with Crippen LogP contribution in [0.15, 0.2) is 42.5 Å². The van der Waals surface area contributed by atoms with Gasteiger partial charge in [0, 0.05) is 18.7 Å². The second-order valence-electron chi connectivity index (χ2n) is 6.56. The van der Waals surface area contributed by atoms with Gasteiger partial charge >= 0.3 is 0 Å². The first kappa shape index (κ1) is 18.3. The number of aryl methyl sites for hydroxylation is 2. The van der Waals surface area contributed by atoms with E-state index < -0.39 is 16.1 Å². The number of anilines is 2. The van der Waals surface area contributed by atoms with E-state index in [4.69, 9.17) is 4.74 Å². The van der Waals surface area contributed by atoms with Gasteiger partial charge in [-0.3, -0.25) is 9.10 Å². The van der Waals surface area contributed by atoms with Crippen molar-refractivity contribution in [1.82, 2.24) is 0 Å². The molecule has 1 N–H and O–H groups in total. The Morgan fingerprint density at radius 3 is 2.58 bits per heavy atom. The Hall–Kier alpha value is -2.54. The number of benzene rings is 2. The number of hydrogen-bond acceptors (Lipinski definition) is 4. The molecule has 0 saturated carbocycles. The van der Waals surface area contributed by atoms with E-state index in [0.29, 0.717) is 17.1 Å². The first-order valence-electron chi connectivity index (χ1n) is 8.36. The maximum absolute atomic E-state index is 12.7. The molecule has 2 aromatic rings. The van der Waals surface area contributed by atoms with Crippen LogP contribution >= 0.6 is 0 Å². The van der Waals surface area contributed by atoms with E-state index in [1.165, 1.54) is 4.31 Å². The fourth-order valence-corrected chi connectivity index (χ4v) is 3.90. The average Bonchev–Trinajstić information content (AvgIpc) is 2.73. The standard InChI is InChI=1S/C19H22N2O4S/c1-13-5-4-6-15(11-13)20-19(22)18-9-10-21(26(3,23)24)16-12-14(2)7-8-17(16)25-18/h4-8,11-12,18H,9-10H2,1-3H3,(H,20,22)/t18-/m0/s1. The Morgan fingerprint density at radius 1 is 1.15 bits per heavy atom. The Bertz CT molecular complexity index is 940. The van der Waals surface area contributed by atoms with Crippen LogP contribution in [0.3, 0.4) is 0 Å². The quantitative estimate of drug-likeness (QED) is 0.896. The molecule has 0 aromatic heterocycles. The molecule has 0 spiro atoms. The molecule has 0 fully saturated rings. The molecule has 0 radical (unpaired) electrons. The van der Waals surface area contributed by atoms with Gasteiger partial charge in [-0.1, -0.05) is 18.2 Å². The van der Waals surface area contributed by atoms with Crippen LogP contribution in [0.1, 0.15) is 17.5 Å². The van der Waals surface area contributed by atoms with Crippen LogP contribution in [0.2, 0.25) is 0 Å². The van der Waals surface area contributed by atoms with Crippen molar-refractivity contribution >= 4 is 27.3 Å². The van der Waals surface area contributed by atoms with Gasteiger partial charge in [0.25, 0.3) is 5.91 Å². The lowest BCUT2D eigenvalue weighted by Gasteiger charge is -2.21. The zero-order chi connectivity index (χ0) is 18.9. The number of carbonyl (C=O) groups is 1. The summed E-state index contributed by atoms with van der Waals surface area (Å²) in [6, 6.07) is 12.8. The number of rotatable bonds is 3. The third kappa shape index (κ3) is 3.99. The fourth-order valence-electron chi connectivity index (χ4n) is 2.96. The van der Waals surface area contributed by atoms with E-state index in [-0.39, 0.29) is 18.9 Å². The van der Waals surface area contributed by atoms with Gasteiger partial charge in [0.15, 0.2) is 6.10 Å². The number of sulfonamides is 1. The molecule has 2 aromatic carbocycles. The minimum absolute atomic E-state index is 0.182. The molecule has 6 nitrogen and oxygen atoms in total. The maximum Gasteiger partial charge on any atom is 0.265 e. The molecule has 138 valence electrons. The summed E-state index contributed by atoms with van der Waals surface area (Å²) < 4.78 is 31.6. The van der Waals surface area contributed by atoms with Crippen molar-refractivity contribution in [2.24, 2.45) is 0 Å². The van der Waals surface area contributed by atoms with Crippen LogP contribution in [0.25, 0.3) is 0 Å². The molecule has 1 aliphatic heterocycles. The third-order valence-electron chi connectivity index (χ3n) is 4.23. The summed E-state index contributed by atoms with van der Waals surface area (Å²) in [6.07, 6.45) is 0.647. The highest BCUT2D eigenvalue weighted by Gasteiger charge is 2.31. The molecular weight excluding hydrogens is 352 g/mol. The zero-order valence-corrected chi connectivity index (χ0v) is 15.8. The molecule has 0 unspecified atom stereocenters. The fraction of sp³-hybridized carbons (Fsp3) is 0.316. The molecule has 0 bridgehead atoms. The molecule has 26 heavy (non-hydrogen) atoms. The lowest BCUT2D eigenvalue weighted by molar-refractivity contribution is -0.122. The number of nitrogens with zero attached hydrogens (tertiary/aromatic N) is 1. The summed E-state index contributed by atoms with van der Waals surface area (Å²) in [5, 5.41) is 2.84. The van der Waals surface area contributed by atoms with Crippen molar-refractivity contribution in [2.45, 2.75) is 26.4 Å². The van der Waals surface area contributed by atoms with E-state index in [9.17, 15) is 13.2 Å². The largest absolute Gasteiger partial charge is 0.478 e. The van der Waals surface area contributed by atoms with Crippen LogP contribution in [-0.4, -0.2) is 33.2 Å². The van der Waals surface area contributed by atoms with Gasteiger partial charge in [0.2, 0.25) is 10.0 Å². The van der Waals surface area contributed by atoms with Crippen LogP contribution in [-0.2, 0) is 14.8 Å². The van der Waals surface area contributed by atoms with Gasteiger partial charge in [0.05, 0.1) is 11.9 Å². The molecule has 3 rings (SSSR count). The zero-order valence-electron chi connectivity index (χ0n) is 15.0. The number of nitrogens with one attached hydrogen (secondary N) is 1. The Kier molecular flexibility index (Phi) is 4.91. The van der Waals surface area contributed by atoms with Gasteiger partial charge in [-0.25, -0.2) is 8.42 Å². The minimum Gasteiger partial charge on any atom is -0.478 e. The van der Waals surface area contributed by atoms with Crippen LogP contribution in [0.5, 0.6) is 5.75 Å². The van der Waals surface area contributed by atoms with E-state index >= 15 is 0 Å². The topological polar surface area (TPSA) is 75.7 Å². The lowest BCUT2D eigenvalue weighted by Crippen LogP contribution is -2.36. The summed E-state index contributed by atoms with van der Waals surface area (Å²) in [4.78, 5) is 12.7. The molecule has 1 atom stereocenters. The molecule has 7 heteroatoms. The minimum atomic E-state index is -3.47. The number of carbonyl (C=O) groups excluding carboxylic acids is 1. The van der Waals surface area contributed by atoms with Crippen LogP contribution < -0.4 is 14.4 Å². The Labute approximate surface area is 153 Å². The number of fused-ring (bicyclic) bond motifs is 1. The highest BCUT2D eigenvalue weighted by Crippen LogP contribution is 2.35. The van der Waals surface area contributed by atoms with Crippen LogP contribution in [0.4, 0.5) is 11.4 Å². The Balaban J connectivity index is 1.88. The van der Waals surface area contributed by atoms with Crippen molar-refractivity contribution in [3.63, 3.8) is 0 Å².